The van der Waals surface area contributed by atoms with Crippen molar-refractivity contribution in [2.75, 3.05) is 0 Å². The molecule has 1 aromatic heterocycles. The standard InChI is InChI=1S/C13H10N2O2.Zn/c16-10-6-2-1-4-8(10)13-14-9-5-3-7-11(17)12(9)15-13;/h1-7,16-17H,(H,14,15);. The molecule has 86 valence electrons. The first-order valence-electron chi connectivity index (χ1n) is 5.22. The van der Waals surface area contributed by atoms with E-state index in [1.54, 1.807) is 30.3 Å². The Morgan fingerprint density at radius 3 is 2.33 bits per heavy atom. The maximum absolute atomic E-state index is 9.74. The van der Waals surface area contributed by atoms with Crippen molar-refractivity contribution in [2.45, 2.75) is 0 Å². The van der Waals surface area contributed by atoms with E-state index in [1.165, 1.54) is 0 Å². The van der Waals surface area contributed by atoms with Crippen molar-refractivity contribution in [1.29, 1.82) is 0 Å². The molecule has 0 spiro atoms. The van der Waals surface area contributed by atoms with Gasteiger partial charge in [0.15, 0.2) is 0 Å². The fourth-order valence-corrected chi connectivity index (χ4v) is 1.82. The molecule has 0 aliphatic rings. The van der Waals surface area contributed by atoms with E-state index in [9.17, 15) is 10.2 Å². The van der Waals surface area contributed by atoms with Gasteiger partial charge in [-0.15, -0.1) is 0 Å². The molecule has 3 N–H and O–H groups in total. The number of hydrogen-bond acceptors (Lipinski definition) is 3. The van der Waals surface area contributed by atoms with Gasteiger partial charge in [-0.25, -0.2) is 4.98 Å². The molecule has 0 unspecified atom stereocenters. The minimum atomic E-state index is 0. The van der Waals surface area contributed by atoms with Crippen LogP contribution in [0.2, 0.25) is 0 Å². The number of benzene rings is 2. The van der Waals surface area contributed by atoms with Crippen molar-refractivity contribution in [3.63, 3.8) is 0 Å². The Morgan fingerprint density at radius 1 is 0.889 bits per heavy atom. The Hall–Kier alpha value is -1.87. The summed E-state index contributed by atoms with van der Waals surface area (Å²) in [6, 6.07) is 12.1. The number of fused-ring (bicyclic) bond motifs is 1. The first kappa shape index (κ1) is 12.6. The van der Waals surface area contributed by atoms with Crippen molar-refractivity contribution < 1.29 is 29.7 Å². The zero-order valence-corrected chi connectivity index (χ0v) is 12.6. The van der Waals surface area contributed by atoms with Crippen LogP contribution in [0.25, 0.3) is 22.4 Å². The topological polar surface area (TPSA) is 69.1 Å². The molecule has 0 saturated carbocycles. The molecule has 0 bridgehead atoms. The molecule has 0 aliphatic heterocycles. The van der Waals surface area contributed by atoms with Crippen LogP contribution < -0.4 is 0 Å². The summed E-state index contributed by atoms with van der Waals surface area (Å²) in [4.78, 5) is 7.34. The van der Waals surface area contributed by atoms with Gasteiger partial charge >= 0.3 is 0 Å². The van der Waals surface area contributed by atoms with Gasteiger partial charge in [0, 0.05) is 19.5 Å². The molecule has 0 saturated heterocycles. The number of nitrogens with one attached hydrogen (secondary N) is 1. The van der Waals surface area contributed by atoms with Gasteiger partial charge in [-0.05, 0) is 24.3 Å². The summed E-state index contributed by atoms with van der Waals surface area (Å²) < 4.78 is 0. The number of imidazole rings is 1. The Labute approximate surface area is 116 Å². The summed E-state index contributed by atoms with van der Waals surface area (Å²) in [7, 11) is 0. The van der Waals surface area contributed by atoms with Crippen molar-refractivity contribution in [3.05, 3.63) is 42.5 Å². The monoisotopic (exact) mass is 290 g/mol. The van der Waals surface area contributed by atoms with Crippen LogP contribution in [0.4, 0.5) is 0 Å². The first-order chi connectivity index (χ1) is 8.25. The van der Waals surface area contributed by atoms with Crippen LogP contribution in [0.3, 0.4) is 0 Å². The van der Waals surface area contributed by atoms with E-state index >= 15 is 0 Å². The average molecular weight is 292 g/mol. The molecule has 0 fully saturated rings. The fraction of sp³-hybridized carbons (Fsp3) is 0. The number of para-hydroxylation sites is 2. The SMILES string of the molecule is Oc1ccccc1-c1nc2c(O)cccc2[nH]1.[Zn]. The van der Waals surface area contributed by atoms with Gasteiger partial charge in [0.05, 0.1) is 11.1 Å². The number of aromatic amines is 1. The molecular weight excluding hydrogens is 282 g/mol. The minimum absolute atomic E-state index is 0. The molecule has 0 radical (unpaired) electrons. The summed E-state index contributed by atoms with van der Waals surface area (Å²) in [5.74, 6) is 0.825. The second kappa shape index (κ2) is 4.79. The molecule has 3 aromatic rings. The van der Waals surface area contributed by atoms with Gasteiger partial charge in [-0.3, -0.25) is 0 Å². The fourth-order valence-electron chi connectivity index (χ4n) is 1.82. The molecule has 0 atom stereocenters. The summed E-state index contributed by atoms with van der Waals surface area (Å²) in [5, 5.41) is 19.4. The summed E-state index contributed by atoms with van der Waals surface area (Å²) >= 11 is 0. The van der Waals surface area contributed by atoms with Crippen LogP contribution in [0.1, 0.15) is 0 Å². The van der Waals surface area contributed by atoms with E-state index < -0.39 is 0 Å². The van der Waals surface area contributed by atoms with Crippen LogP contribution in [-0.2, 0) is 19.5 Å². The number of phenols is 2. The van der Waals surface area contributed by atoms with Gasteiger partial charge in [-0.2, -0.15) is 0 Å². The predicted octanol–water partition coefficient (Wildman–Crippen LogP) is 2.64. The number of phenolic OH excluding ortho intramolecular Hbond substituents is 2. The number of aromatic hydroxyl groups is 2. The van der Waals surface area contributed by atoms with E-state index in [-0.39, 0.29) is 31.0 Å². The van der Waals surface area contributed by atoms with Crippen LogP contribution in [0.5, 0.6) is 11.5 Å². The van der Waals surface area contributed by atoms with Crippen LogP contribution in [0, 0.1) is 0 Å². The molecule has 2 aromatic carbocycles. The van der Waals surface area contributed by atoms with Crippen LogP contribution in [-0.4, -0.2) is 20.2 Å². The number of rotatable bonds is 1. The smallest absolute Gasteiger partial charge is 0.143 e. The maximum atomic E-state index is 9.74. The van der Waals surface area contributed by atoms with E-state index in [0.717, 1.165) is 5.52 Å². The normalized spacial score (nSPS) is 10.2. The zero-order chi connectivity index (χ0) is 11.8. The van der Waals surface area contributed by atoms with Gasteiger partial charge in [0.1, 0.15) is 22.8 Å². The van der Waals surface area contributed by atoms with Gasteiger partial charge in [-0.1, -0.05) is 18.2 Å². The molecule has 0 aliphatic carbocycles. The van der Waals surface area contributed by atoms with Gasteiger partial charge in [0.2, 0.25) is 0 Å². The van der Waals surface area contributed by atoms with Crippen molar-refractivity contribution in [3.8, 4) is 22.9 Å². The van der Waals surface area contributed by atoms with E-state index in [2.05, 4.69) is 9.97 Å². The molecular formula is C13H10N2O2Zn. The number of hydrogen-bond donors (Lipinski definition) is 3. The molecule has 1 heterocycles. The van der Waals surface area contributed by atoms with E-state index in [1.807, 2.05) is 12.1 Å². The Balaban J connectivity index is 0.00000120. The molecule has 18 heavy (non-hydrogen) atoms. The molecule has 4 nitrogen and oxygen atoms in total. The van der Waals surface area contributed by atoms with E-state index in [0.29, 0.717) is 16.9 Å². The van der Waals surface area contributed by atoms with Crippen LogP contribution in [0.15, 0.2) is 42.5 Å². The third kappa shape index (κ3) is 1.97. The Kier molecular flexibility index (Phi) is 3.35. The van der Waals surface area contributed by atoms with Crippen molar-refractivity contribution >= 4 is 11.0 Å². The Morgan fingerprint density at radius 2 is 1.61 bits per heavy atom. The van der Waals surface area contributed by atoms with Gasteiger partial charge in [0.25, 0.3) is 0 Å². The number of aromatic nitrogens is 2. The van der Waals surface area contributed by atoms with Crippen molar-refractivity contribution in [2.24, 2.45) is 0 Å². The minimum Gasteiger partial charge on any atom is -0.507 e. The second-order valence-electron chi connectivity index (χ2n) is 3.78. The number of H-pyrrole nitrogens is 1. The predicted molar refractivity (Wildman–Crippen MR) is 64.9 cm³/mol. The molecule has 3 rings (SSSR count). The molecule has 0 amide bonds. The number of nitrogens with zero attached hydrogens (tertiary/aromatic N) is 1. The third-order valence-electron chi connectivity index (χ3n) is 2.65. The van der Waals surface area contributed by atoms with Crippen molar-refractivity contribution in [1.82, 2.24) is 9.97 Å². The summed E-state index contributed by atoms with van der Waals surface area (Å²) in [6.07, 6.45) is 0. The van der Waals surface area contributed by atoms with E-state index in [4.69, 9.17) is 0 Å². The quantitative estimate of drug-likeness (QED) is 0.604. The average Bonchev–Trinajstić information content (AvgIpc) is 2.75. The summed E-state index contributed by atoms with van der Waals surface area (Å²) in [6.45, 7) is 0. The third-order valence-corrected chi connectivity index (χ3v) is 2.65. The summed E-state index contributed by atoms with van der Waals surface area (Å²) in [5.41, 5.74) is 1.86. The maximum Gasteiger partial charge on any atom is 0.143 e. The largest absolute Gasteiger partial charge is 0.507 e. The van der Waals surface area contributed by atoms with Crippen LogP contribution >= 0.6 is 0 Å². The second-order valence-corrected chi connectivity index (χ2v) is 3.78. The first-order valence-corrected chi connectivity index (χ1v) is 5.22. The zero-order valence-electron chi connectivity index (χ0n) is 9.59. The molecule has 5 heteroatoms. The van der Waals surface area contributed by atoms with Gasteiger partial charge < -0.3 is 15.2 Å². The Bertz CT molecular complexity index is 694.